The molecule has 74 heavy (non-hydrogen) atoms. The minimum atomic E-state index is -0.526. The molecule has 0 radical (unpaired) electrons. The smallest absolute Gasteiger partial charge is 0.0713 e. The molecule has 1 nitrogen and oxygen atoms in total. The summed E-state index contributed by atoms with van der Waals surface area (Å²) in [7, 11) is 0. The highest BCUT2D eigenvalue weighted by atomic mass is 15.1. The summed E-state index contributed by atoms with van der Waals surface area (Å²) in [6.07, 6.45) is 0. The number of nitrogens with zero attached hydrogens (tertiary/aromatic N) is 1. The highest BCUT2D eigenvalue weighted by molar-refractivity contribution is 5.96. The molecule has 0 aliphatic heterocycles. The predicted molar refractivity (Wildman–Crippen MR) is 310 cm³/mol. The van der Waals surface area contributed by atoms with Crippen LogP contribution >= 0.6 is 0 Å². The Balaban J connectivity index is 0.931. The molecule has 0 bridgehead atoms. The van der Waals surface area contributed by atoms with Gasteiger partial charge in [0.15, 0.2) is 0 Å². The van der Waals surface area contributed by atoms with E-state index in [2.05, 4.69) is 293 Å². The van der Waals surface area contributed by atoms with E-state index in [4.69, 9.17) is 0 Å². The van der Waals surface area contributed by atoms with E-state index in [1.54, 1.807) is 0 Å². The van der Waals surface area contributed by atoms with Gasteiger partial charge in [-0.1, -0.05) is 252 Å². The van der Waals surface area contributed by atoms with Gasteiger partial charge in [-0.15, -0.1) is 0 Å². The topological polar surface area (TPSA) is 3.24 Å². The molecule has 11 aromatic rings. The van der Waals surface area contributed by atoms with Gasteiger partial charge in [0.05, 0.1) is 5.41 Å². The molecule has 0 fully saturated rings. The van der Waals surface area contributed by atoms with Crippen molar-refractivity contribution in [2.45, 2.75) is 43.9 Å². The third kappa shape index (κ3) is 6.42. The van der Waals surface area contributed by atoms with Gasteiger partial charge < -0.3 is 4.90 Å². The molecule has 0 saturated heterocycles. The molecule has 1 atom stereocenters. The monoisotopic (exact) mass is 945 g/mol. The molecule has 1 heteroatoms. The van der Waals surface area contributed by atoms with Crippen molar-refractivity contribution in [3.8, 4) is 66.8 Å². The van der Waals surface area contributed by atoms with Crippen LogP contribution < -0.4 is 4.90 Å². The van der Waals surface area contributed by atoms with Crippen molar-refractivity contribution in [2.24, 2.45) is 0 Å². The van der Waals surface area contributed by atoms with Gasteiger partial charge in [0.2, 0.25) is 0 Å². The van der Waals surface area contributed by atoms with Gasteiger partial charge in [0.1, 0.15) is 0 Å². The van der Waals surface area contributed by atoms with Gasteiger partial charge in [-0.25, -0.2) is 0 Å². The average Bonchev–Trinajstić information content (AvgIpc) is 4.08. The van der Waals surface area contributed by atoms with Crippen molar-refractivity contribution < 1.29 is 0 Å². The van der Waals surface area contributed by atoms with Crippen LogP contribution in [-0.2, 0) is 16.2 Å². The highest BCUT2D eigenvalue weighted by Gasteiger charge is 2.46. The molecule has 0 N–H and O–H groups in total. The fourth-order valence-electron chi connectivity index (χ4n) is 13.4. The maximum atomic E-state index is 2.45. The zero-order chi connectivity index (χ0) is 49.8. The van der Waals surface area contributed by atoms with Crippen molar-refractivity contribution in [1.82, 2.24) is 0 Å². The molecular formula is C73H55N. The van der Waals surface area contributed by atoms with Gasteiger partial charge in [0.25, 0.3) is 0 Å². The quantitative estimate of drug-likeness (QED) is 0.147. The van der Waals surface area contributed by atoms with Crippen LogP contribution in [0.25, 0.3) is 66.8 Å². The molecule has 14 rings (SSSR count). The predicted octanol–water partition coefficient (Wildman–Crippen LogP) is 19.1. The van der Waals surface area contributed by atoms with Crippen LogP contribution in [0.1, 0.15) is 72.2 Å². The van der Waals surface area contributed by atoms with E-state index in [-0.39, 0.29) is 10.8 Å². The van der Waals surface area contributed by atoms with Crippen molar-refractivity contribution in [2.75, 3.05) is 4.90 Å². The number of hydrogen-bond donors (Lipinski definition) is 0. The number of fused-ring (bicyclic) bond motifs is 9. The Morgan fingerprint density at radius 3 is 1.16 bits per heavy atom. The molecule has 0 amide bonds. The lowest BCUT2D eigenvalue weighted by Crippen LogP contribution is -2.28. The number of rotatable bonds is 8. The summed E-state index contributed by atoms with van der Waals surface area (Å²) in [4.78, 5) is 2.45. The summed E-state index contributed by atoms with van der Waals surface area (Å²) >= 11 is 0. The second kappa shape index (κ2) is 16.6. The Hall–Kier alpha value is -8.78. The van der Waals surface area contributed by atoms with Crippen LogP contribution in [-0.4, -0.2) is 0 Å². The molecule has 11 aromatic carbocycles. The molecule has 0 spiro atoms. The van der Waals surface area contributed by atoms with Crippen LogP contribution in [0.3, 0.4) is 0 Å². The average molecular weight is 946 g/mol. The fourth-order valence-corrected chi connectivity index (χ4v) is 13.4. The minimum absolute atomic E-state index is 0.0693. The van der Waals surface area contributed by atoms with Crippen LogP contribution in [0.4, 0.5) is 17.1 Å². The number of anilines is 3. The highest BCUT2D eigenvalue weighted by Crippen LogP contribution is 2.58. The summed E-state index contributed by atoms with van der Waals surface area (Å²) in [6.45, 7) is 9.44. The van der Waals surface area contributed by atoms with E-state index in [1.807, 2.05) is 0 Å². The van der Waals surface area contributed by atoms with E-state index in [9.17, 15) is 0 Å². The summed E-state index contributed by atoms with van der Waals surface area (Å²) in [5.74, 6) is 0. The second-order valence-corrected chi connectivity index (χ2v) is 21.6. The Morgan fingerprint density at radius 2 is 0.622 bits per heavy atom. The maximum Gasteiger partial charge on any atom is 0.0713 e. The van der Waals surface area contributed by atoms with Crippen LogP contribution in [0.5, 0.6) is 0 Å². The zero-order valence-electron chi connectivity index (χ0n) is 42.3. The molecule has 0 aromatic heterocycles. The van der Waals surface area contributed by atoms with E-state index >= 15 is 0 Å². The third-order valence-electron chi connectivity index (χ3n) is 17.0. The van der Waals surface area contributed by atoms with Crippen molar-refractivity contribution in [1.29, 1.82) is 0 Å². The molecule has 3 aliphatic carbocycles. The Kier molecular flexibility index (Phi) is 9.88. The van der Waals surface area contributed by atoms with E-state index in [0.717, 1.165) is 17.1 Å². The largest absolute Gasteiger partial charge is 0.310 e. The maximum absolute atomic E-state index is 2.45. The molecule has 1 unspecified atom stereocenters. The van der Waals surface area contributed by atoms with Crippen molar-refractivity contribution in [3.63, 3.8) is 0 Å². The fraction of sp³-hybridized carbons (Fsp3) is 0.0959. The molecular weight excluding hydrogens is 891 g/mol. The van der Waals surface area contributed by atoms with Crippen molar-refractivity contribution in [3.05, 3.63) is 305 Å². The zero-order valence-corrected chi connectivity index (χ0v) is 42.3. The molecule has 0 heterocycles. The third-order valence-corrected chi connectivity index (χ3v) is 17.0. The standard InChI is InChI=1S/C73H55N/c1-71(2)63-28-14-12-24-60(63)69-57(26-17-31-67(69)71)50-35-41-54(42-36-50)74(55-43-37-51(38-44-55)58-27-18-32-68-70(58)61-25-13-15-29-64(61)72(68,3)4)56-45-46-66-62(47-56)59-23-11-16-30-65(59)73(66,52-21-9-6-10-22-52)53-39-33-49(34-40-53)48-19-7-5-8-20-48/h5-47H,1-4H3. The lowest BCUT2D eigenvalue weighted by atomic mass is 9.67. The first kappa shape index (κ1) is 44.0. The normalized spacial score (nSPS) is 15.8. The van der Waals surface area contributed by atoms with E-state index in [1.165, 1.54) is 111 Å². The van der Waals surface area contributed by atoms with Gasteiger partial charge >= 0.3 is 0 Å². The SMILES string of the molecule is CC1(C)c2ccccc2-c2c(-c3ccc(N(c4ccc(-c5cccc6c5-c5ccccc5C6(C)C)cc4)c4ccc5c(c4)-c4ccccc4C5(c4ccccc4)c4ccc(-c5ccccc5)cc4)cc3)cccc21. The van der Waals surface area contributed by atoms with Gasteiger partial charge in [-0.2, -0.15) is 0 Å². The van der Waals surface area contributed by atoms with Gasteiger partial charge in [-0.05, 0) is 148 Å². The molecule has 3 aliphatic rings. The second-order valence-electron chi connectivity index (χ2n) is 21.6. The first-order valence-corrected chi connectivity index (χ1v) is 26.2. The Labute approximate surface area is 435 Å². The van der Waals surface area contributed by atoms with Crippen LogP contribution in [0.15, 0.2) is 261 Å². The minimum Gasteiger partial charge on any atom is -0.310 e. The van der Waals surface area contributed by atoms with Crippen LogP contribution in [0, 0.1) is 0 Å². The van der Waals surface area contributed by atoms with Crippen LogP contribution in [0.2, 0.25) is 0 Å². The Bertz CT molecular complexity index is 3820. The number of hydrogen-bond acceptors (Lipinski definition) is 1. The summed E-state index contributed by atoms with van der Waals surface area (Å²) in [5.41, 5.74) is 28.5. The lowest BCUT2D eigenvalue weighted by molar-refractivity contribution is 0.660. The van der Waals surface area contributed by atoms with Gasteiger partial charge in [0, 0.05) is 27.9 Å². The molecule has 0 saturated carbocycles. The van der Waals surface area contributed by atoms with E-state index < -0.39 is 5.41 Å². The molecule has 352 valence electrons. The Morgan fingerprint density at radius 1 is 0.243 bits per heavy atom. The summed E-state index contributed by atoms with van der Waals surface area (Å²) < 4.78 is 0. The van der Waals surface area contributed by atoms with Gasteiger partial charge in [-0.3, -0.25) is 0 Å². The lowest BCUT2D eigenvalue weighted by Gasteiger charge is -2.34. The first-order chi connectivity index (χ1) is 36.2. The first-order valence-electron chi connectivity index (χ1n) is 26.2. The summed E-state index contributed by atoms with van der Waals surface area (Å²) in [5, 5.41) is 0. The van der Waals surface area contributed by atoms with E-state index in [0.29, 0.717) is 0 Å². The summed E-state index contributed by atoms with van der Waals surface area (Å²) in [6, 6.07) is 97.6. The number of benzene rings is 11. The van der Waals surface area contributed by atoms with Crippen molar-refractivity contribution >= 4 is 17.1 Å².